The molecule has 0 unspecified atom stereocenters. The summed E-state index contributed by atoms with van der Waals surface area (Å²) >= 11 is 5.84. The SMILES string of the molecule is C[C@H](Oc1cccc2ccccc12)C(=O)Nc1ccc(Cl)cc1. The number of anilines is 1. The summed E-state index contributed by atoms with van der Waals surface area (Å²) in [6, 6.07) is 20.7. The van der Waals surface area contributed by atoms with Crippen LogP contribution in [0.2, 0.25) is 5.02 Å². The Morgan fingerprint density at radius 1 is 1.00 bits per heavy atom. The van der Waals surface area contributed by atoms with Crippen molar-refractivity contribution in [3.8, 4) is 5.75 Å². The van der Waals surface area contributed by atoms with Gasteiger partial charge >= 0.3 is 0 Å². The molecule has 116 valence electrons. The van der Waals surface area contributed by atoms with Crippen molar-refractivity contribution >= 4 is 34.0 Å². The van der Waals surface area contributed by atoms with Crippen LogP contribution in [0.25, 0.3) is 10.8 Å². The van der Waals surface area contributed by atoms with Gasteiger partial charge in [0.15, 0.2) is 6.10 Å². The van der Waals surface area contributed by atoms with Gasteiger partial charge in [-0.05, 0) is 42.6 Å². The lowest BCUT2D eigenvalue weighted by molar-refractivity contribution is -0.122. The molecule has 3 aromatic carbocycles. The van der Waals surface area contributed by atoms with Crippen LogP contribution in [0.3, 0.4) is 0 Å². The minimum Gasteiger partial charge on any atom is -0.480 e. The van der Waals surface area contributed by atoms with E-state index in [-0.39, 0.29) is 5.91 Å². The van der Waals surface area contributed by atoms with E-state index in [1.807, 2.05) is 42.5 Å². The van der Waals surface area contributed by atoms with Crippen molar-refractivity contribution in [2.24, 2.45) is 0 Å². The second-order valence-electron chi connectivity index (χ2n) is 5.23. The number of fused-ring (bicyclic) bond motifs is 1. The molecular weight excluding hydrogens is 310 g/mol. The Morgan fingerprint density at radius 2 is 1.70 bits per heavy atom. The topological polar surface area (TPSA) is 38.3 Å². The van der Waals surface area contributed by atoms with E-state index in [9.17, 15) is 4.79 Å². The molecule has 0 radical (unpaired) electrons. The van der Waals surface area contributed by atoms with Gasteiger partial charge in [-0.1, -0.05) is 48.0 Å². The van der Waals surface area contributed by atoms with Gasteiger partial charge in [0, 0.05) is 16.1 Å². The fourth-order valence-electron chi connectivity index (χ4n) is 2.32. The molecule has 23 heavy (non-hydrogen) atoms. The normalized spacial score (nSPS) is 11.9. The second kappa shape index (κ2) is 6.71. The van der Waals surface area contributed by atoms with Crippen LogP contribution < -0.4 is 10.1 Å². The van der Waals surface area contributed by atoms with E-state index in [0.717, 1.165) is 10.8 Å². The van der Waals surface area contributed by atoms with Gasteiger partial charge in [-0.25, -0.2) is 0 Å². The van der Waals surface area contributed by atoms with E-state index in [2.05, 4.69) is 5.32 Å². The summed E-state index contributed by atoms with van der Waals surface area (Å²) in [4.78, 5) is 12.3. The summed E-state index contributed by atoms with van der Waals surface area (Å²) in [5.74, 6) is 0.488. The van der Waals surface area contributed by atoms with Crippen LogP contribution in [0.5, 0.6) is 5.75 Å². The first kappa shape index (κ1) is 15.4. The Kier molecular flexibility index (Phi) is 4.49. The van der Waals surface area contributed by atoms with Crippen LogP contribution in [0.1, 0.15) is 6.92 Å². The molecule has 1 N–H and O–H groups in total. The van der Waals surface area contributed by atoms with Crippen molar-refractivity contribution in [2.75, 3.05) is 5.32 Å². The predicted molar refractivity (Wildman–Crippen MR) is 94.1 cm³/mol. The number of halogens is 1. The third kappa shape index (κ3) is 3.63. The molecule has 0 fully saturated rings. The number of nitrogens with one attached hydrogen (secondary N) is 1. The molecule has 0 aliphatic carbocycles. The first-order valence-electron chi connectivity index (χ1n) is 7.34. The lowest BCUT2D eigenvalue weighted by atomic mass is 10.1. The fraction of sp³-hybridized carbons (Fsp3) is 0.105. The van der Waals surface area contributed by atoms with Gasteiger partial charge in [0.05, 0.1) is 0 Å². The first-order valence-corrected chi connectivity index (χ1v) is 7.72. The standard InChI is InChI=1S/C19H16ClNO2/c1-13(19(22)21-16-11-9-15(20)10-12-16)23-18-8-4-6-14-5-2-3-7-17(14)18/h2-13H,1H3,(H,21,22)/t13-/m0/s1. The van der Waals surface area contributed by atoms with Crippen molar-refractivity contribution in [1.82, 2.24) is 0 Å². The molecule has 0 aromatic heterocycles. The highest BCUT2D eigenvalue weighted by Crippen LogP contribution is 2.26. The molecule has 1 atom stereocenters. The van der Waals surface area contributed by atoms with Crippen molar-refractivity contribution in [2.45, 2.75) is 13.0 Å². The molecule has 3 rings (SSSR count). The van der Waals surface area contributed by atoms with E-state index >= 15 is 0 Å². The summed E-state index contributed by atoms with van der Waals surface area (Å²) in [5.41, 5.74) is 0.688. The van der Waals surface area contributed by atoms with E-state index < -0.39 is 6.10 Å². The third-order valence-corrected chi connectivity index (χ3v) is 3.79. The number of hydrogen-bond donors (Lipinski definition) is 1. The first-order chi connectivity index (χ1) is 11.1. The number of carbonyl (C=O) groups excluding carboxylic acids is 1. The van der Waals surface area contributed by atoms with Gasteiger partial charge in [0.25, 0.3) is 5.91 Å². The zero-order valence-electron chi connectivity index (χ0n) is 12.6. The molecule has 3 nitrogen and oxygen atoms in total. The maximum atomic E-state index is 12.3. The zero-order chi connectivity index (χ0) is 16.2. The second-order valence-corrected chi connectivity index (χ2v) is 5.67. The maximum Gasteiger partial charge on any atom is 0.265 e. The quantitative estimate of drug-likeness (QED) is 0.741. The molecular formula is C19H16ClNO2. The van der Waals surface area contributed by atoms with Crippen molar-refractivity contribution < 1.29 is 9.53 Å². The number of hydrogen-bond acceptors (Lipinski definition) is 2. The van der Waals surface area contributed by atoms with Crippen LogP contribution >= 0.6 is 11.6 Å². The number of amides is 1. The van der Waals surface area contributed by atoms with Gasteiger partial charge in [-0.2, -0.15) is 0 Å². The van der Waals surface area contributed by atoms with Gasteiger partial charge in [-0.15, -0.1) is 0 Å². The van der Waals surface area contributed by atoms with Crippen molar-refractivity contribution in [3.63, 3.8) is 0 Å². The molecule has 4 heteroatoms. The van der Waals surface area contributed by atoms with Crippen LogP contribution in [-0.2, 0) is 4.79 Å². The maximum absolute atomic E-state index is 12.3. The Bertz CT molecular complexity index is 825. The Balaban J connectivity index is 1.73. The Morgan fingerprint density at radius 3 is 2.48 bits per heavy atom. The molecule has 0 aliphatic heterocycles. The molecule has 3 aromatic rings. The molecule has 0 saturated heterocycles. The van der Waals surface area contributed by atoms with Crippen molar-refractivity contribution in [1.29, 1.82) is 0 Å². The molecule has 1 amide bonds. The molecule has 0 spiro atoms. The number of rotatable bonds is 4. The average Bonchev–Trinajstić information content (AvgIpc) is 2.57. The highest BCUT2D eigenvalue weighted by Gasteiger charge is 2.16. The zero-order valence-corrected chi connectivity index (χ0v) is 13.4. The van der Waals surface area contributed by atoms with Crippen molar-refractivity contribution in [3.05, 3.63) is 71.8 Å². The summed E-state index contributed by atoms with van der Waals surface area (Å²) in [6.45, 7) is 1.73. The third-order valence-electron chi connectivity index (χ3n) is 3.53. The minimum absolute atomic E-state index is 0.208. The molecule has 0 saturated carbocycles. The fourth-order valence-corrected chi connectivity index (χ4v) is 2.45. The van der Waals surface area contributed by atoms with Crippen LogP contribution in [0, 0.1) is 0 Å². The largest absolute Gasteiger partial charge is 0.480 e. The Hall–Kier alpha value is -2.52. The highest BCUT2D eigenvalue weighted by atomic mass is 35.5. The highest BCUT2D eigenvalue weighted by molar-refractivity contribution is 6.30. The van der Waals surface area contributed by atoms with Crippen LogP contribution in [0.4, 0.5) is 5.69 Å². The predicted octanol–water partition coefficient (Wildman–Crippen LogP) is 4.90. The smallest absolute Gasteiger partial charge is 0.265 e. The van der Waals surface area contributed by atoms with E-state index in [4.69, 9.17) is 16.3 Å². The summed E-state index contributed by atoms with van der Waals surface area (Å²) in [5, 5.41) is 5.51. The average molecular weight is 326 g/mol. The number of carbonyl (C=O) groups is 1. The monoisotopic (exact) mass is 325 g/mol. The number of benzene rings is 3. The lowest BCUT2D eigenvalue weighted by Crippen LogP contribution is -2.30. The lowest BCUT2D eigenvalue weighted by Gasteiger charge is -2.16. The van der Waals surface area contributed by atoms with Crippen LogP contribution in [-0.4, -0.2) is 12.0 Å². The van der Waals surface area contributed by atoms with Gasteiger partial charge < -0.3 is 10.1 Å². The molecule has 0 heterocycles. The van der Waals surface area contributed by atoms with Crippen LogP contribution in [0.15, 0.2) is 66.7 Å². The summed E-state index contributed by atoms with van der Waals surface area (Å²) < 4.78 is 5.85. The summed E-state index contributed by atoms with van der Waals surface area (Å²) in [7, 11) is 0. The summed E-state index contributed by atoms with van der Waals surface area (Å²) in [6.07, 6.45) is -0.614. The Labute approximate surface area is 139 Å². The molecule has 0 bridgehead atoms. The van der Waals surface area contributed by atoms with Gasteiger partial charge in [-0.3, -0.25) is 4.79 Å². The molecule has 0 aliphatic rings. The number of ether oxygens (including phenoxy) is 1. The van der Waals surface area contributed by atoms with E-state index in [1.54, 1.807) is 31.2 Å². The van der Waals surface area contributed by atoms with Gasteiger partial charge in [0.1, 0.15) is 5.75 Å². The van der Waals surface area contributed by atoms with E-state index in [1.165, 1.54) is 0 Å². The van der Waals surface area contributed by atoms with Gasteiger partial charge in [0.2, 0.25) is 0 Å². The van der Waals surface area contributed by atoms with E-state index in [0.29, 0.717) is 16.5 Å². The minimum atomic E-state index is -0.614.